The summed E-state index contributed by atoms with van der Waals surface area (Å²) in [5.74, 6) is 2.14. The molecule has 0 radical (unpaired) electrons. The number of guanidine groups is 1. The molecule has 4 rings (SSSR count). The van der Waals surface area contributed by atoms with Gasteiger partial charge in [0.25, 0.3) is 0 Å². The fourth-order valence-electron chi connectivity index (χ4n) is 4.06. The number of hydrogen-bond acceptors (Lipinski definition) is 3. The van der Waals surface area contributed by atoms with E-state index in [4.69, 9.17) is 9.72 Å². The fourth-order valence-corrected chi connectivity index (χ4v) is 4.06. The van der Waals surface area contributed by atoms with E-state index in [1.807, 2.05) is 7.05 Å². The van der Waals surface area contributed by atoms with E-state index in [9.17, 15) is 0 Å². The molecule has 3 unspecified atom stereocenters. The van der Waals surface area contributed by atoms with Crippen molar-refractivity contribution in [2.24, 2.45) is 4.99 Å². The summed E-state index contributed by atoms with van der Waals surface area (Å²) < 4.78 is 8.21. The third-order valence-corrected chi connectivity index (χ3v) is 5.28. The second-order valence-corrected chi connectivity index (χ2v) is 6.91. The number of nitrogens with one attached hydrogen (secondary N) is 2. The molecule has 3 aliphatic heterocycles. The lowest BCUT2D eigenvalue weighted by atomic mass is 9.96. The Morgan fingerprint density at radius 2 is 2.39 bits per heavy atom. The van der Waals surface area contributed by atoms with Crippen LogP contribution in [0.15, 0.2) is 11.2 Å². The largest absolute Gasteiger partial charge is 0.373 e. The van der Waals surface area contributed by atoms with Crippen molar-refractivity contribution in [3.8, 4) is 0 Å². The molecule has 0 amide bonds. The standard InChI is InChI=1S/C17H27N5O/c1-18-17(21-14-10-13-5-6-15(14)23-13)19-8-7-12-11-22-9-3-2-4-16(22)20-12/h11,13-15H,2-10H2,1H3,(H2,18,19,21). The number of ether oxygens (including phenoxy) is 1. The van der Waals surface area contributed by atoms with Gasteiger partial charge in [-0.2, -0.15) is 0 Å². The van der Waals surface area contributed by atoms with E-state index in [1.54, 1.807) is 0 Å². The summed E-state index contributed by atoms with van der Waals surface area (Å²) in [5.41, 5.74) is 1.19. The number of aromatic nitrogens is 2. The van der Waals surface area contributed by atoms with Crippen molar-refractivity contribution in [3.05, 3.63) is 17.7 Å². The molecule has 0 spiro atoms. The average Bonchev–Trinajstić information content (AvgIpc) is 3.28. The third-order valence-electron chi connectivity index (χ3n) is 5.28. The number of imidazole rings is 1. The highest BCUT2D eigenvalue weighted by Gasteiger charge is 2.41. The normalized spacial score (nSPS) is 29.6. The van der Waals surface area contributed by atoms with Crippen molar-refractivity contribution < 1.29 is 4.74 Å². The molecule has 6 heteroatoms. The lowest BCUT2D eigenvalue weighted by molar-refractivity contribution is 0.0992. The summed E-state index contributed by atoms with van der Waals surface area (Å²) in [6.07, 6.45) is 11.2. The Kier molecular flexibility index (Phi) is 4.25. The molecule has 2 bridgehead atoms. The Labute approximate surface area is 137 Å². The number of aryl methyl sites for hydroxylation is 2. The van der Waals surface area contributed by atoms with E-state index in [0.29, 0.717) is 18.2 Å². The van der Waals surface area contributed by atoms with Crippen LogP contribution < -0.4 is 10.6 Å². The number of nitrogens with zero attached hydrogens (tertiary/aromatic N) is 3. The zero-order valence-electron chi connectivity index (χ0n) is 13.9. The molecule has 1 aromatic heterocycles. The molecule has 6 nitrogen and oxygen atoms in total. The minimum atomic E-state index is 0.374. The molecular weight excluding hydrogens is 290 g/mol. The Morgan fingerprint density at radius 1 is 1.43 bits per heavy atom. The van der Waals surface area contributed by atoms with E-state index in [-0.39, 0.29) is 0 Å². The van der Waals surface area contributed by atoms with Gasteiger partial charge in [0, 0.05) is 39.2 Å². The number of hydrogen-bond donors (Lipinski definition) is 2. The zero-order chi connectivity index (χ0) is 15.6. The maximum atomic E-state index is 5.89. The van der Waals surface area contributed by atoms with Gasteiger partial charge in [-0.1, -0.05) is 0 Å². The average molecular weight is 317 g/mol. The first-order valence-corrected chi connectivity index (χ1v) is 8.99. The van der Waals surface area contributed by atoms with Crippen LogP contribution in [-0.4, -0.2) is 47.4 Å². The second kappa shape index (κ2) is 6.51. The molecule has 3 aliphatic rings. The molecule has 2 fully saturated rings. The molecule has 1 aromatic rings. The lowest BCUT2D eigenvalue weighted by Gasteiger charge is -2.22. The van der Waals surface area contributed by atoms with Crippen LogP contribution in [-0.2, 0) is 24.1 Å². The summed E-state index contributed by atoms with van der Waals surface area (Å²) in [6, 6.07) is 0.417. The fraction of sp³-hybridized carbons (Fsp3) is 0.765. The van der Waals surface area contributed by atoms with E-state index in [0.717, 1.165) is 38.3 Å². The highest BCUT2D eigenvalue weighted by atomic mass is 16.5. The van der Waals surface area contributed by atoms with E-state index < -0.39 is 0 Å². The molecule has 2 N–H and O–H groups in total. The van der Waals surface area contributed by atoms with Crippen LogP contribution in [0, 0.1) is 0 Å². The van der Waals surface area contributed by atoms with Gasteiger partial charge in [-0.3, -0.25) is 4.99 Å². The zero-order valence-corrected chi connectivity index (χ0v) is 13.9. The van der Waals surface area contributed by atoms with Crippen molar-refractivity contribution >= 4 is 5.96 Å². The Balaban J connectivity index is 1.25. The van der Waals surface area contributed by atoms with Crippen molar-refractivity contribution in [3.63, 3.8) is 0 Å². The monoisotopic (exact) mass is 317 g/mol. The van der Waals surface area contributed by atoms with Gasteiger partial charge in [-0.25, -0.2) is 4.98 Å². The Morgan fingerprint density at radius 3 is 3.13 bits per heavy atom. The number of fused-ring (bicyclic) bond motifs is 3. The molecule has 0 aliphatic carbocycles. The summed E-state index contributed by atoms with van der Waals surface area (Å²) in [4.78, 5) is 9.10. The van der Waals surface area contributed by atoms with Crippen LogP contribution >= 0.6 is 0 Å². The SMILES string of the molecule is CN=C(NCCc1cn2c(n1)CCCC2)NC1CC2CCC1O2. The van der Waals surface area contributed by atoms with Crippen LogP contribution in [0.5, 0.6) is 0 Å². The predicted octanol–water partition coefficient (Wildman–Crippen LogP) is 1.25. The molecule has 4 heterocycles. The summed E-state index contributed by atoms with van der Waals surface area (Å²) in [5, 5.41) is 6.94. The summed E-state index contributed by atoms with van der Waals surface area (Å²) >= 11 is 0. The van der Waals surface area contributed by atoms with Gasteiger partial charge in [0.15, 0.2) is 5.96 Å². The number of rotatable bonds is 4. The molecule has 23 heavy (non-hydrogen) atoms. The third kappa shape index (κ3) is 3.22. The van der Waals surface area contributed by atoms with Crippen LogP contribution in [0.3, 0.4) is 0 Å². The smallest absolute Gasteiger partial charge is 0.191 e. The maximum Gasteiger partial charge on any atom is 0.191 e. The topological polar surface area (TPSA) is 63.5 Å². The van der Waals surface area contributed by atoms with Crippen LogP contribution in [0.25, 0.3) is 0 Å². The van der Waals surface area contributed by atoms with Gasteiger partial charge < -0.3 is 19.9 Å². The second-order valence-electron chi connectivity index (χ2n) is 6.91. The van der Waals surface area contributed by atoms with Gasteiger partial charge in [-0.05, 0) is 32.1 Å². The minimum Gasteiger partial charge on any atom is -0.373 e. The molecule has 0 saturated carbocycles. The van der Waals surface area contributed by atoms with E-state index >= 15 is 0 Å². The first kappa shape index (κ1) is 15.0. The van der Waals surface area contributed by atoms with Gasteiger partial charge in [0.1, 0.15) is 5.82 Å². The van der Waals surface area contributed by atoms with Crippen LogP contribution in [0.2, 0.25) is 0 Å². The van der Waals surface area contributed by atoms with Gasteiger partial charge in [-0.15, -0.1) is 0 Å². The van der Waals surface area contributed by atoms with E-state index in [2.05, 4.69) is 26.4 Å². The summed E-state index contributed by atoms with van der Waals surface area (Å²) in [6.45, 7) is 1.99. The first-order valence-electron chi connectivity index (χ1n) is 8.99. The molecular formula is C17H27N5O. The molecule has 126 valence electrons. The Hall–Kier alpha value is -1.56. The van der Waals surface area contributed by atoms with E-state index in [1.165, 1.54) is 37.2 Å². The van der Waals surface area contributed by atoms with Gasteiger partial charge >= 0.3 is 0 Å². The summed E-state index contributed by atoms with van der Waals surface area (Å²) in [7, 11) is 1.83. The van der Waals surface area contributed by atoms with Crippen molar-refractivity contribution in [2.75, 3.05) is 13.6 Å². The first-order chi connectivity index (χ1) is 11.3. The van der Waals surface area contributed by atoms with Gasteiger partial charge in [0.2, 0.25) is 0 Å². The van der Waals surface area contributed by atoms with Crippen molar-refractivity contribution in [1.82, 2.24) is 20.2 Å². The maximum absolute atomic E-state index is 5.89. The lowest BCUT2D eigenvalue weighted by Crippen LogP contribution is -2.47. The van der Waals surface area contributed by atoms with Crippen LogP contribution in [0.1, 0.15) is 43.6 Å². The Bertz CT molecular complexity index is 558. The highest BCUT2D eigenvalue weighted by Crippen LogP contribution is 2.34. The van der Waals surface area contributed by atoms with Crippen molar-refractivity contribution in [2.45, 2.75) is 69.7 Å². The highest BCUT2D eigenvalue weighted by molar-refractivity contribution is 5.80. The molecule has 2 saturated heterocycles. The number of aliphatic imine (C=N–C) groups is 1. The minimum absolute atomic E-state index is 0.374. The quantitative estimate of drug-likeness (QED) is 0.648. The van der Waals surface area contributed by atoms with Crippen molar-refractivity contribution in [1.29, 1.82) is 0 Å². The van der Waals surface area contributed by atoms with Crippen LogP contribution in [0.4, 0.5) is 0 Å². The predicted molar refractivity (Wildman–Crippen MR) is 89.7 cm³/mol. The van der Waals surface area contributed by atoms with Gasteiger partial charge in [0.05, 0.1) is 23.9 Å². The molecule has 3 atom stereocenters. The molecule has 0 aromatic carbocycles.